The topological polar surface area (TPSA) is 108 Å². The zero-order valence-corrected chi connectivity index (χ0v) is 26.6. The molecule has 0 saturated heterocycles. The molecule has 0 heterocycles. The number of anilines is 1. The summed E-state index contributed by atoms with van der Waals surface area (Å²) in [5.74, 6) is -0.865. The second-order valence-corrected chi connectivity index (χ2v) is 12.0. The number of amides is 3. The van der Waals surface area contributed by atoms with Crippen LogP contribution in [-0.2, 0) is 14.3 Å². The Morgan fingerprint density at radius 2 is 1.73 bits per heavy atom. The number of halogens is 1. The molecule has 226 valence electrons. The van der Waals surface area contributed by atoms with Crippen molar-refractivity contribution in [1.29, 1.82) is 0 Å². The number of aryl methyl sites for hydroxylation is 2. The number of hydrogen-bond acceptors (Lipinski definition) is 6. The van der Waals surface area contributed by atoms with E-state index in [9.17, 15) is 19.5 Å². The van der Waals surface area contributed by atoms with Crippen molar-refractivity contribution in [2.75, 3.05) is 17.6 Å². The van der Waals surface area contributed by atoms with Crippen LogP contribution in [0.1, 0.15) is 82.5 Å². The van der Waals surface area contributed by atoms with Crippen LogP contribution in [0.2, 0.25) is 5.02 Å². The number of phenols is 1. The van der Waals surface area contributed by atoms with Crippen LogP contribution in [0.15, 0.2) is 36.4 Å². The summed E-state index contributed by atoms with van der Waals surface area (Å²) in [5, 5.41) is 16.1. The number of aromatic hydroxyl groups is 1. The van der Waals surface area contributed by atoms with Gasteiger partial charge < -0.3 is 25.4 Å². The Bertz CT molecular complexity index is 1180. The molecular weight excluding hydrogens is 562 g/mol. The average Bonchev–Trinajstić information content (AvgIpc) is 2.89. The second kappa shape index (κ2) is 15.9. The molecule has 0 bridgehead atoms. The standard InChI is InChI=1S/C31H44ClN3O5S/c1-7-8-9-10-11-17-35(29(38)24(19-41)33-30(39)40-31(4,5)6)27(22-15-16-25(36)21(3)18-22)28(37)34-26-20(2)13-12-14-23(26)32/h12-16,18,24,27,36,41H,7-11,17,19H2,1-6H3,(H,33,39)(H,34,37). The molecule has 0 fully saturated rings. The highest BCUT2D eigenvalue weighted by atomic mass is 35.5. The molecule has 0 saturated carbocycles. The van der Waals surface area contributed by atoms with Gasteiger partial charge in [0.15, 0.2) is 0 Å². The summed E-state index contributed by atoms with van der Waals surface area (Å²) in [6, 6.07) is 8.01. The molecule has 0 radical (unpaired) electrons. The van der Waals surface area contributed by atoms with E-state index in [2.05, 4.69) is 30.2 Å². The van der Waals surface area contributed by atoms with Gasteiger partial charge in [0, 0.05) is 12.3 Å². The molecule has 2 aromatic rings. The summed E-state index contributed by atoms with van der Waals surface area (Å²) in [6.45, 7) is 11.1. The van der Waals surface area contributed by atoms with Crippen molar-refractivity contribution in [2.45, 2.75) is 91.3 Å². The summed E-state index contributed by atoms with van der Waals surface area (Å²) in [4.78, 5) is 42.2. The number of thiol groups is 1. The van der Waals surface area contributed by atoms with Crippen molar-refractivity contribution >= 4 is 47.8 Å². The zero-order chi connectivity index (χ0) is 30.7. The van der Waals surface area contributed by atoms with Crippen LogP contribution in [0, 0.1) is 13.8 Å². The molecule has 41 heavy (non-hydrogen) atoms. The van der Waals surface area contributed by atoms with Gasteiger partial charge in [-0.05, 0) is 75.9 Å². The minimum atomic E-state index is -1.08. The maximum Gasteiger partial charge on any atom is 0.408 e. The number of para-hydroxylation sites is 1. The molecule has 2 atom stereocenters. The molecule has 2 aromatic carbocycles. The number of unbranched alkanes of at least 4 members (excludes halogenated alkanes) is 4. The number of rotatable bonds is 13. The number of nitrogens with zero attached hydrogens (tertiary/aromatic N) is 1. The monoisotopic (exact) mass is 605 g/mol. The minimum absolute atomic E-state index is 0.00300. The first-order chi connectivity index (χ1) is 19.3. The van der Waals surface area contributed by atoms with Crippen LogP contribution >= 0.6 is 24.2 Å². The number of carbonyl (C=O) groups is 3. The first kappa shape index (κ1) is 34.3. The molecule has 8 nitrogen and oxygen atoms in total. The van der Waals surface area contributed by atoms with Gasteiger partial charge in [-0.1, -0.05) is 62.4 Å². The fraction of sp³-hybridized carbons (Fsp3) is 0.516. The van der Waals surface area contributed by atoms with E-state index in [0.29, 0.717) is 28.3 Å². The minimum Gasteiger partial charge on any atom is -0.508 e. The van der Waals surface area contributed by atoms with Gasteiger partial charge >= 0.3 is 6.09 Å². The molecule has 2 rings (SSSR count). The van der Waals surface area contributed by atoms with Crippen molar-refractivity contribution in [3.8, 4) is 5.75 Å². The maximum atomic E-state index is 14.1. The summed E-state index contributed by atoms with van der Waals surface area (Å²) in [6.07, 6.45) is 3.91. The van der Waals surface area contributed by atoms with Crippen LogP contribution in [0.4, 0.5) is 10.5 Å². The first-order valence-corrected chi connectivity index (χ1v) is 15.1. The third kappa shape index (κ3) is 10.5. The highest BCUT2D eigenvalue weighted by Crippen LogP contribution is 2.31. The Morgan fingerprint density at radius 3 is 2.32 bits per heavy atom. The van der Waals surface area contributed by atoms with Gasteiger partial charge in [-0.3, -0.25) is 9.59 Å². The van der Waals surface area contributed by atoms with E-state index in [4.69, 9.17) is 16.3 Å². The van der Waals surface area contributed by atoms with E-state index in [-0.39, 0.29) is 18.0 Å². The third-order valence-electron chi connectivity index (χ3n) is 6.52. The van der Waals surface area contributed by atoms with E-state index in [1.807, 2.05) is 13.0 Å². The summed E-state index contributed by atoms with van der Waals surface area (Å²) in [7, 11) is 0. The summed E-state index contributed by atoms with van der Waals surface area (Å²) in [5.41, 5.74) is 1.53. The van der Waals surface area contributed by atoms with Crippen LogP contribution in [0.3, 0.4) is 0 Å². The van der Waals surface area contributed by atoms with Crippen molar-refractivity contribution < 1.29 is 24.2 Å². The molecular formula is C31H44ClN3O5S. The predicted molar refractivity (Wildman–Crippen MR) is 168 cm³/mol. The molecule has 3 N–H and O–H groups in total. The predicted octanol–water partition coefficient (Wildman–Crippen LogP) is 6.96. The number of benzene rings is 2. The van der Waals surface area contributed by atoms with E-state index in [0.717, 1.165) is 31.2 Å². The van der Waals surface area contributed by atoms with Crippen LogP contribution < -0.4 is 10.6 Å². The summed E-state index contributed by atoms with van der Waals surface area (Å²) >= 11 is 10.8. The number of carbonyl (C=O) groups excluding carboxylic acids is 3. The van der Waals surface area contributed by atoms with Crippen molar-refractivity contribution in [3.63, 3.8) is 0 Å². The van der Waals surface area contributed by atoms with Gasteiger partial charge in [0.25, 0.3) is 5.91 Å². The van der Waals surface area contributed by atoms with Gasteiger partial charge in [-0.15, -0.1) is 0 Å². The largest absolute Gasteiger partial charge is 0.508 e. The van der Waals surface area contributed by atoms with E-state index < -0.39 is 35.6 Å². The quantitative estimate of drug-likeness (QED) is 0.146. The molecule has 0 aliphatic carbocycles. The SMILES string of the molecule is CCCCCCCN(C(=O)C(CS)NC(=O)OC(C)(C)C)C(C(=O)Nc1c(C)cccc1Cl)c1ccc(O)c(C)c1. The smallest absolute Gasteiger partial charge is 0.408 e. The van der Waals surface area contributed by atoms with Crippen LogP contribution in [0.25, 0.3) is 0 Å². The lowest BCUT2D eigenvalue weighted by Crippen LogP contribution is -2.53. The highest BCUT2D eigenvalue weighted by Gasteiger charge is 2.36. The zero-order valence-electron chi connectivity index (χ0n) is 24.9. The molecule has 10 heteroatoms. The number of alkyl carbamates (subject to hydrolysis) is 1. The van der Waals surface area contributed by atoms with E-state index >= 15 is 0 Å². The Kier molecular flexibility index (Phi) is 13.3. The van der Waals surface area contributed by atoms with Crippen LogP contribution in [0.5, 0.6) is 5.75 Å². The molecule has 0 aromatic heterocycles. The second-order valence-electron chi connectivity index (χ2n) is 11.2. The van der Waals surface area contributed by atoms with Gasteiger partial charge in [-0.2, -0.15) is 12.6 Å². The molecule has 0 aliphatic rings. The van der Waals surface area contributed by atoms with Crippen LogP contribution in [-0.4, -0.2) is 51.9 Å². The highest BCUT2D eigenvalue weighted by molar-refractivity contribution is 7.80. The van der Waals surface area contributed by atoms with E-state index in [1.54, 1.807) is 52.0 Å². The number of phenolic OH excluding ortho intramolecular Hbond substituents is 1. The van der Waals surface area contributed by atoms with Crippen molar-refractivity contribution in [3.05, 3.63) is 58.1 Å². The lowest BCUT2D eigenvalue weighted by molar-refractivity contribution is -0.140. The Hall–Kier alpha value is -2.91. The van der Waals surface area contributed by atoms with Gasteiger partial charge in [0.1, 0.15) is 23.4 Å². The van der Waals surface area contributed by atoms with Gasteiger partial charge in [0.2, 0.25) is 5.91 Å². The van der Waals surface area contributed by atoms with Crippen molar-refractivity contribution in [2.24, 2.45) is 0 Å². The fourth-order valence-electron chi connectivity index (χ4n) is 4.39. The molecule has 3 amide bonds. The molecule has 2 unspecified atom stereocenters. The van der Waals surface area contributed by atoms with Gasteiger partial charge in [-0.25, -0.2) is 4.79 Å². The Labute approximate surface area is 254 Å². The first-order valence-electron chi connectivity index (χ1n) is 14.0. The van der Waals surface area contributed by atoms with E-state index in [1.165, 1.54) is 11.0 Å². The number of ether oxygens (including phenoxy) is 1. The maximum absolute atomic E-state index is 14.1. The Balaban J connectivity index is 2.55. The fourth-order valence-corrected chi connectivity index (χ4v) is 4.91. The average molecular weight is 606 g/mol. The number of nitrogens with one attached hydrogen (secondary N) is 2. The molecule has 0 aliphatic heterocycles. The third-order valence-corrected chi connectivity index (χ3v) is 7.20. The number of hydrogen-bond donors (Lipinski definition) is 4. The molecule has 0 spiro atoms. The summed E-state index contributed by atoms with van der Waals surface area (Å²) < 4.78 is 5.38. The van der Waals surface area contributed by atoms with Gasteiger partial charge in [0.05, 0.1) is 10.7 Å². The lowest BCUT2D eigenvalue weighted by atomic mass is 9.99. The normalized spacial score (nSPS) is 12.8. The Morgan fingerprint density at radius 1 is 1.05 bits per heavy atom. The lowest BCUT2D eigenvalue weighted by Gasteiger charge is -2.34. The van der Waals surface area contributed by atoms with Crippen molar-refractivity contribution in [1.82, 2.24) is 10.2 Å².